The predicted octanol–water partition coefficient (Wildman–Crippen LogP) is 3.96. The molecule has 0 aliphatic heterocycles. The summed E-state index contributed by atoms with van der Waals surface area (Å²) in [6.07, 6.45) is 0. The van der Waals surface area contributed by atoms with Gasteiger partial charge < -0.3 is 16.2 Å². The van der Waals surface area contributed by atoms with Crippen LogP contribution in [0.3, 0.4) is 0 Å². The molecule has 2 rings (SSSR count). The topological polar surface area (TPSA) is 61.3 Å². The van der Waals surface area contributed by atoms with Crippen LogP contribution in [0.1, 0.15) is 0 Å². The lowest BCUT2D eigenvalue weighted by Crippen LogP contribution is -1.91. The van der Waals surface area contributed by atoms with Crippen LogP contribution in [0.4, 0.5) is 11.4 Å². The molecule has 0 atom stereocenters. The first-order valence-corrected chi connectivity index (χ1v) is 6.31. The minimum Gasteiger partial charge on any atom is -0.495 e. The Morgan fingerprint density at radius 3 is 2.17 bits per heavy atom. The van der Waals surface area contributed by atoms with E-state index < -0.39 is 0 Å². The Labute approximate surface area is 120 Å². The number of nitrogen functional groups attached to an aromatic ring is 2. The van der Waals surface area contributed by atoms with Crippen LogP contribution >= 0.6 is 27.5 Å². The molecule has 96 valence electrons. The van der Waals surface area contributed by atoms with Crippen LogP contribution in [0.2, 0.25) is 5.02 Å². The van der Waals surface area contributed by atoms with Gasteiger partial charge in [0.05, 0.1) is 17.8 Å². The van der Waals surface area contributed by atoms with Gasteiger partial charge in [-0.3, -0.25) is 0 Å². The van der Waals surface area contributed by atoms with Gasteiger partial charge in [0.1, 0.15) is 5.75 Å². The molecule has 2 aromatic rings. The lowest BCUT2D eigenvalue weighted by atomic mass is 10.3. The van der Waals surface area contributed by atoms with Crippen molar-refractivity contribution >= 4 is 38.9 Å². The van der Waals surface area contributed by atoms with Crippen molar-refractivity contribution in [2.45, 2.75) is 0 Å². The predicted molar refractivity (Wildman–Crippen MR) is 81.0 cm³/mol. The van der Waals surface area contributed by atoms with Gasteiger partial charge in [-0.05, 0) is 40.2 Å². The van der Waals surface area contributed by atoms with Crippen LogP contribution in [-0.2, 0) is 0 Å². The number of benzene rings is 2. The fraction of sp³-hybridized carbons (Fsp3) is 0.0769. The zero-order valence-corrected chi connectivity index (χ0v) is 12.2. The highest BCUT2D eigenvalue weighted by molar-refractivity contribution is 9.10. The summed E-state index contributed by atoms with van der Waals surface area (Å²) in [6, 6.07) is 12.9. The lowest BCUT2D eigenvalue weighted by Gasteiger charge is -2.03. The number of rotatable bonds is 1. The van der Waals surface area contributed by atoms with E-state index in [0.717, 1.165) is 10.2 Å². The summed E-state index contributed by atoms with van der Waals surface area (Å²) in [5, 5.41) is 0.527. The number of para-hydroxylation sites is 2. The van der Waals surface area contributed by atoms with Crippen LogP contribution in [0.25, 0.3) is 0 Å². The van der Waals surface area contributed by atoms with Crippen molar-refractivity contribution in [1.82, 2.24) is 0 Å². The van der Waals surface area contributed by atoms with Gasteiger partial charge in [-0.2, -0.15) is 0 Å². The zero-order valence-electron chi connectivity index (χ0n) is 9.86. The van der Waals surface area contributed by atoms with E-state index in [1.807, 2.05) is 24.3 Å². The summed E-state index contributed by atoms with van der Waals surface area (Å²) < 4.78 is 5.87. The average Bonchev–Trinajstić information content (AvgIpc) is 2.37. The van der Waals surface area contributed by atoms with E-state index in [2.05, 4.69) is 15.9 Å². The molecule has 18 heavy (non-hydrogen) atoms. The van der Waals surface area contributed by atoms with Crippen molar-refractivity contribution in [3.63, 3.8) is 0 Å². The Bertz CT molecular complexity index is 499. The first-order chi connectivity index (χ1) is 8.56. The molecule has 0 heterocycles. The highest BCUT2D eigenvalue weighted by atomic mass is 79.9. The molecule has 0 fully saturated rings. The Balaban J connectivity index is 0.000000184. The minimum absolute atomic E-state index is 0.492. The van der Waals surface area contributed by atoms with Gasteiger partial charge >= 0.3 is 0 Å². The van der Waals surface area contributed by atoms with Gasteiger partial charge in [-0.25, -0.2) is 0 Å². The molecule has 0 aliphatic rings. The molecule has 0 saturated carbocycles. The standard InChI is InChI=1S/C7H8ClNO.C6H6BrN/c1-10-6-4-2-3-5(8)7(6)9;7-5-3-1-2-4-6(5)8/h2-4H,9H2,1H3;1-4H,8H2. The fourth-order valence-corrected chi connectivity index (χ4v) is 1.62. The SMILES string of the molecule is COc1cccc(Cl)c1N.Nc1ccccc1Br. The fourth-order valence-electron chi connectivity index (χ4n) is 1.17. The summed E-state index contributed by atoms with van der Waals surface area (Å²) >= 11 is 8.96. The van der Waals surface area contributed by atoms with Crippen LogP contribution in [0.15, 0.2) is 46.9 Å². The highest BCUT2D eigenvalue weighted by Gasteiger charge is 2.00. The number of halogens is 2. The summed E-state index contributed by atoms with van der Waals surface area (Å²) in [5.41, 5.74) is 12.3. The summed E-state index contributed by atoms with van der Waals surface area (Å²) in [7, 11) is 1.56. The van der Waals surface area contributed by atoms with E-state index in [4.69, 9.17) is 27.8 Å². The Hall–Kier alpha value is -1.39. The number of nitrogens with two attached hydrogens (primary N) is 2. The molecule has 0 aliphatic carbocycles. The molecule has 2 aromatic carbocycles. The smallest absolute Gasteiger partial charge is 0.143 e. The second-order valence-electron chi connectivity index (χ2n) is 3.38. The molecule has 0 amide bonds. The van der Waals surface area contributed by atoms with Gasteiger partial charge in [-0.1, -0.05) is 29.8 Å². The molecule has 0 spiro atoms. The van der Waals surface area contributed by atoms with E-state index >= 15 is 0 Å². The van der Waals surface area contributed by atoms with Gasteiger partial charge in [0.2, 0.25) is 0 Å². The van der Waals surface area contributed by atoms with Crippen molar-refractivity contribution in [2.75, 3.05) is 18.6 Å². The highest BCUT2D eigenvalue weighted by Crippen LogP contribution is 2.27. The molecule has 0 aromatic heterocycles. The summed E-state index contributed by atoms with van der Waals surface area (Å²) in [6.45, 7) is 0. The number of ether oxygens (including phenoxy) is 1. The monoisotopic (exact) mass is 328 g/mol. The van der Waals surface area contributed by atoms with Crippen molar-refractivity contribution < 1.29 is 4.74 Å². The second kappa shape index (κ2) is 7.13. The van der Waals surface area contributed by atoms with Crippen molar-refractivity contribution in [1.29, 1.82) is 0 Å². The first kappa shape index (κ1) is 14.7. The quantitative estimate of drug-likeness (QED) is 0.778. The lowest BCUT2D eigenvalue weighted by molar-refractivity contribution is 0.417. The maximum Gasteiger partial charge on any atom is 0.143 e. The van der Waals surface area contributed by atoms with Crippen molar-refractivity contribution in [3.05, 3.63) is 52.0 Å². The molecule has 0 saturated heterocycles. The molecule has 0 unspecified atom stereocenters. The van der Waals surface area contributed by atoms with E-state index in [1.165, 1.54) is 0 Å². The van der Waals surface area contributed by atoms with Gasteiger partial charge in [0.15, 0.2) is 0 Å². The molecule has 5 heteroatoms. The third kappa shape index (κ3) is 4.13. The molecular formula is C13H14BrClN2O. The van der Waals surface area contributed by atoms with Gasteiger partial charge in [0.25, 0.3) is 0 Å². The van der Waals surface area contributed by atoms with Crippen LogP contribution in [0.5, 0.6) is 5.75 Å². The molecule has 0 bridgehead atoms. The van der Waals surface area contributed by atoms with Crippen molar-refractivity contribution in [2.24, 2.45) is 0 Å². The van der Waals surface area contributed by atoms with Crippen LogP contribution in [-0.4, -0.2) is 7.11 Å². The number of hydrogen-bond acceptors (Lipinski definition) is 3. The first-order valence-electron chi connectivity index (χ1n) is 5.14. The Morgan fingerprint density at radius 2 is 1.72 bits per heavy atom. The molecular weight excluding hydrogens is 316 g/mol. The number of hydrogen-bond donors (Lipinski definition) is 2. The second-order valence-corrected chi connectivity index (χ2v) is 4.64. The normalized spacial score (nSPS) is 9.28. The maximum atomic E-state index is 5.69. The van der Waals surface area contributed by atoms with E-state index in [0.29, 0.717) is 16.5 Å². The largest absolute Gasteiger partial charge is 0.495 e. The van der Waals surface area contributed by atoms with E-state index in [9.17, 15) is 0 Å². The van der Waals surface area contributed by atoms with Crippen molar-refractivity contribution in [3.8, 4) is 5.75 Å². The molecule has 3 nitrogen and oxygen atoms in total. The summed E-state index contributed by atoms with van der Waals surface area (Å²) in [5.74, 6) is 0.618. The molecule has 4 N–H and O–H groups in total. The number of methoxy groups -OCH3 is 1. The number of anilines is 2. The zero-order chi connectivity index (χ0) is 13.5. The third-order valence-electron chi connectivity index (χ3n) is 2.14. The van der Waals surface area contributed by atoms with Gasteiger partial charge in [-0.15, -0.1) is 0 Å². The van der Waals surface area contributed by atoms with Crippen LogP contribution < -0.4 is 16.2 Å². The minimum atomic E-state index is 0.492. The van der Waals surface area contributed by atoms with Crippen LogP contribution in [0, 0.1) is 0 Å². The third-order valence-corrected chi connectivity index (χ3v) is 3.19. The Morgan fingerprint density at radius 1 is 1.06 bits per heavy atom. The Kier molecular flexibility index (Phi) is 5.82. The van der Waals surface area contributed by atoms with E-state index in [1.54, 1.807) is 25.3 Å². The van der Waals surface area contributed by atoms with Gasteiger partial charge in [0, 0.05) is 10.2 Å². The van der Waals surface area contributed by atoms with E-state index in [-0.39, 0.29) is 0 Å². The molecule has 0 radical (unpaired) electrons. The average molecular weight is 330 g/mol. The maximum absolute atomic E-state index is 5.69. The summed E-state index contributed by atoms with van der Waals surface area (Å²) in [4.78, 5) is 0.